The largest absolute Gasteiger partial charge is 0.392 e. The summed E-state index contributed by atoms with van der Waals surface area (Å²) in [5.41, 5.74) is 3.81. The van der Waals surface area contributed by atoms with Crippen LogP contribution in [0, 0.1) is 5.92 Å². The number of aromatic nitrogens is 1. The maximum Gasteiger partial charge on any atom is 0.135 e. The van der Waals surface area contributed by atoms with Crippen LogP contribution < -0.4 is 0 Å². The van der Waals surface area contributed by atoms with Gasteiger partial charge >= 0.3 is 0 Å². The van der Waals surface area contributed by atoms with Crippen LogP contribution in [0.1, 0.15) is 42.9 Å². The fraction of sp³-hybridized carbons (Fsp3) is 0.579. The van der Waals surface area contributed by atoms with Crippen molar-refractivity contribution in [3.63, 3.8) is 0 Å². The van der Waals surface area contributed by atoms with Crippen molar-refractivity contribution >= 4 is 5.71 Å². The average molecular weight is 313 g/mol. The zero-order chi connectivity index (χ0) is 16.1. The van der Waals surface area contributed by atoms with E-state index in [-0.39, 0.29) is 0 Å². The lowest BCUT2D eigenvalue weighted by Crippen LogP contribution is -2.35. The molecule has 0 bridgehead atoms. The van der Waals surface area contributed by atoms with Gasteiger partial charge in [0, 0.05) is 12.1 Å². The highest BCUT2D eigenvalue weighted by molar-refractivity contribution is 5.91. The van der Waals surface area contributed by atoms with Crippen molar-refractivity contribution in [1.29, 1.82) is 0 Å². The van der Waals surface area contributed by atoms with Crippen LogP contribution in [0.25, 0.3) is 0 Å². The van der Waals surface area contributed by atoms with E-state index in [0.29, 0.717) is 18.4 Å². The Kier molecular flexibility index (Phi) is 5.44. The Hall–Kier alpha value is -1.68. The Morgan fingerprint density at radius 3 is 3.00 bits per heavy atom. The predicted octanol–water partition coefficient (Wildman–Crippen LogP) is 3.40. The lowest BCUT2D eigenvalue weighted by molar-refractivity contribution is 0.168. The second-order valence-electron chi connectivity index (χ2n) is 6.69. The molecule has 0 aromatic carbocycles. The standard InChI is InChI=1S/C19H27N3O/c1-3-14-23-21-17-8-4-6-16-7-5-11-20-19(16)18(17)15-9-12-22(2)13-10-15/h3,5,7,11,15,18H,1,4,6,8-10,12-14H2,2H3/b21-17+. The fourth-order valence-electron chi connectivity index (χ4n) is 3.85. The molecule has 0 spiro atoms. The van der Waals surface area contributed by atoms with Gasteiger partial charge in [0.05, 0.1) is 11.4 Å². The van der Waals surface area contributed by atoms with Crippen molar-refractivity contribution in [1.82, 2.24) is 9.88 Å². The smallest absolute Gasteiger partial charge is 0.135 e. The first-order valence-electron chi connectivity index (χ1n) is 8.71. The highest BCUT2D eigenvalue weighted by atomic mass is 16.6. The number of nitrogens with zero attached hydrogens (tertiary/aromatic N) is 3. The van der Waals surface area contributed by atoms with Crippen molar-refractivity contribution in [2.75, 3.05) is 26.7 Å². The summed E-state index contributed by atoms with van der Waals surface area (Å²) < 4.78 is 0. The topological polar surface area (TPSA) is 37.7 Å². The SMILES string of the molecule is C=CCO/N=C1\CCCc2cccnc2C1C1CCN(C)CC1. The molecule has 0 radical (unpaired) electrons. The third-order valence-electron chi connectivity index (χ3n) is 5.07. The molecule has 3 rings (SSSR count). The average Bonchev–Trinajstić information content (AvgIpc) is 2.75. The summed E-state index contributed by atoms with van der Waals surface area (Å²) in [6.07, 6.45) is 9.30. The van der Waals surface area contributed by atoms with Gasteiger partial charge in [0.2, 0.25) is 0 Å². The van der Waals surface area contributed by atoms with Crippen molar-refractivity contribution < 1.29 is 4.84 Å². The molecular weight excluding hydrogens is 286 g/mol. The maximum absolute atomic E-state index is 5.47. The molecular formula is C19H27N3O. The summed E-state index contributed by atoms with van der Waals surface area (Å²) in [7, 11) is 2.21. The molecule has 124 valence electrons. The van der Waals surface area contributed by atoms with E-state index < -0.39 is 0 Å². The second kappa shape index (κ2) is 7.73. The number of aryl methyl sites for hydroxylation is 1. The van der Waals surface area contributed by atoms with Crippen molar-refractivity contribution in [2.24, 2.45) is 11.1 Å². The zero-order valence-electron chi connectivity index (χ0n) is 14.1. The van der Waals surface area contributed by atoms with E-state index in [0.717, 1.165) is 32.4 Å². The lowest BCUT2D eigenvalue weighted by Gasteiger charge is -2.34. The van der Waals surface area contributed by atoms with Gasteiger partial charge in [-0.25, -0.2) is 0 Å². The summed E-state index contributed by atoms with van der Waals surface area (Å²) >= 11 is 0. The van der Waals surface area contributed by atoms with Gasteiger partial charge in [-0.3, -0.25) is 4.98 Å². The molecule has 1 aromatic heterocycles. The molecule has 1 aromatic rings. The van der Waals surface area contributed by atoms with E-state index in [1.807, 2.05) is 6.20 Å². The van der Waals surface area contributed by atoms with Crippen LogP contribution in [0.3, 0.4) is 0 Å². The van der Waals surface area contributed by atoms with Crippen LogP contribution in [0.2, 0.25) is 0 Å². The summed E-state index contributed by atoms with van der Waals surface area (Å²) in [4.78, 5) is 12.6. The third kappa shape index (κ3) is 3.81. The maximum atomic E-state index is 5.47. The molecule has 1 aliphatic carbocycles. The van der Waals surface area contributed by atoms with E-state index in [1.54, 1.807) is 6.08 Å². The van der Waals surface area contributed by atoms with Crippen molar-refractivity contribution in [2.45, 2.75) is 38.0 Å². The Labute approximate surface area is 139 Å². The van der Waals surface area contributed by atoms with Gasteiger partial charge < -0.3 is 9.74 Å². The van der Waals surface area contributed by atoms with E-state index in [9.17, 15) is 0 Å². The van der Waals surface area contributed by atoms with E-state index >= 15 is 0 Å². The molecule has 4 nitrogen and oxygen atoms in total. The van der Waals surface area contributed by atoms with Crippen LogP contribution >= 0.6 is 0 Å². The molecule has 0 saturated carbocycles. The number of pyridine rings is 1. The second-order valence-corrected chi connectivity index (χ2v) is 6.69. The zero-order valence-corrected chi connectivity index (χ0v) is 14.1. The minimum atomic E-state index is 0.312. The van der Waals surface area contributed by atoms with E-state index in [1.165, 1.54) is 29.8 Å². The molecule has 23 heavy (non-hydrogen) atoms. The normalized spacial score (nSPS) is 24.9. The van der Waals surface area contributed by atoms with Crippen molar-refractivity contribution in [3.8, 4) is 0 Å². The molecule has 1 unspecified atom stereocenters. The van der Waals surface area contributed by atoms with Gasteiger partial charge in [0.25, 0.3) is 0 Å². The van der Waals surface area contributed by atoms with E-state index in [2.05, 4.69) is 35.8 Å². The van der Waals surface area contributed by atoms with E-state index in [4.69, 9.17) is 9.82 Å². The number of rotatable bonds is 4. The fourth-order valence-corrected chi connectivity index (χ4v) is 3.85. The van der Waals surface area contributed by atoms with Gasteiger partial charge in [-0.2, -0.15) is 0 Å². The predicted molar refractivity (Wildman–Crippen MR) is 93.7 cm³/mol. The number of piperidine rings is 1. The summed E-state index contributed by atoms with van der Waals surface area (Å²) in [6.45, 7) is 6.49. The molecule has 1 saturated heterocycles. The van der Waals surface area contributed by atoms with Gasteiger partial charge in [0.1, 0.15) is 6.61 Å². The Morgan fingerprint density at radius 2 is 2.22 bits per heavy atom. The van der Waals surface area contributed by atoms with Crippen LogP contribution in [-0.2, 0) is 11.3 Å². The number of hydrogen-bond acceptors (Lipinski definition) is 4. The van der Waals surface area contributed by atoms with Crippen LogP contribution in [0.4, 0.5) is 0 Å². The quantitative estimate of drug-likeness (QED) is 0.370. The van der Waals surface area contributed by atoms with Crippen molar-refractivity contribution in [3.05, 3.63) is 42.2 Å². The number of hydrogen-bond donors (Lipinski definition) is 0. The molecule has 1 atom stereocenters. The molecule has 2 aliphatic rings. The lowest BCUT2D eigenvalue weighted by atomic mass is 9.78. The number of fused-ring (bicyclic) bond motifs is 1. The molecule has 1 fully saturated rings. The molecule has 0 amide bonds. The highest BCUT2D eigenvalue weighted by Gasteiger charge is 2.34. The summed E-state index contributed by atoms with van der Waals surface area (Å²) in [5.74, 6) is 0.927. The first-order valence-corrected chi connectivity index (χ1v) is 8.71. The monoisotopic (exact) mass is 313 g/mol. The number of oxime groups is 1. The summed E-state index contributed by atoms with van der Waals surface area (Å²) in [5, 5.41) is 4.50. The Balaban J connectivity index is 1.92. The number of likely N-dealkylation sites (tertiary alicyclic amines) is 1. The molecule has 0 N–H and O–H groups in total. The van der Waals surface area contributed by atoms with Gasteiger partial charge in [0.15, 0.2) is 0 Å². The Bertz CT molecular complexity index is 561. The minimum Gasteiger partial charge on any atom is -0.392 e. The van der Waals surface area contributed by atoms with Crippen LogP contribution in [0.15, 0.2) is 36.1 Å². The molecule has 4 heteroatoms. The van der Waals surface area contributed by atoms with Gasteiger partial charge in [-0.15, -0.1) is 0 Å². The first-order chi connectivity index (χ1) is 11.3. The van der Waals surface area contributed by atoms with Gasteiger partial charge in [-0.05, 0) is 69.8 Å². The minimum absolute atomic E-state index is 0.312. The molecule has 1 aliphatic heterocycles. The molecule has 2 heterocycles. The van der Waals surface area contributed by atoms with Gasteiger partial charge in [-0.1, -0.05) is 23.9 Å². The van der Waals surface area contributed by atoms with Crippen LogP contribution in [0.5, 0.6) is 0 Å². The first kappa shape index (κ1) is 16.2. The third-order valence-corrected chi connectivity index (χ3v) is 5.07. The van der Waals surface area contributed by atoms with Crippen LogP contribution in [-0.4, -0.2) is 42.3 Å². The Morgan fingerprint density at radius 1 is 1.39 bits per heavy atom. The summed E-state index contributed by atoms with van der Waals surface area (Å²) in [6, 6.07) is 4.29. The highest BCUT2D eigenvalue weighted by Crippen LogP contribution is 2.38.